The van der Waals surface area contributed by atoms with E-state index in [0.717, 1.165) is 6.08 Å². The Morgan fingerprint density at radius 2 is 1.77 bits per heavy atom. The van der Waals surface area contributed by atoms with Crippen LogP contribution in [0.2, 0.25) is 0 Å². The van der Waals surface area contributed by atoms with E-state index >= 15 is 0 Å². The topological polar surface area (TPSA) is 84.3 Å². The summed E-state index contributed by atoms with van der Waals surface area (Å²) in [6.45, 7) is 8.61. The SMILES string of the molecule is C=CC(=O)C(=N)C(C)(C)c1ccc(C(=O)C(=O)OCC)cc1. The Labute approximate surface area is 129 Å². The van der Waals surface area contributed by atoms with Gasteiger partial charge in [0.05, 0.1) is 12.3 Å². The van der Waals surface area contributed by atoms with Gasteiger partial charge in [-0.3, -0.25) is 9.59 Å². The molecule has 22 heavy (non-hydrogen) atoms. The third-order valence-corrected chi connectivity index (χ3v) is 3.39. The second-order valence-corrected chi connectivity index (χ2v) is 5.20. The van der Waals surface area contributed by atoms with Gasteiger partial charge in [-0.25, -0.2) is 4.79 Å². The lowest BCUT2D eigenvalue weighted by atomic mass is 9.78. The molecule has 0 amide bonds. The molecule has 0 saturated heterocycles. The second kappa shape index (κ2) is 6.93. The molecule has 0 aliphatic rings. The van der Waals surface area contributed by atoms with E-state index in [-0.39, 0.29) is 17.9 Å². The van der Waals surface area contributed by atoms with Gasteiger partial charge in [-0.05, 0) is 18.6 Å². The summed E-state index contributed by atoms with van der Waals surface area (Å²) < 4.78 is 4.66. The van der Waals surface area contributed by atoms with Crippen LogP contribution in [0.4, 0.5) is 0 Å². The van der Waals surface area contributed by atoms with Crippen molar-refractivity contribution in [2.45, 2.75) is 26.2 Å². The monoisotopic (exact) mass is 301 g/mol. The number of carbonyl (C=O) groups excluding carboxylic acids is 3. The zero-order valence-electron chi connectivity index (χ0n) is 12.9. The van der Waals surface area contributed by atoms with E-state index in [1.807, 2.05) is 0 Å². The molecule has 0 heterocycles. The van der Waals surface area contributed by atoms with Crippen LogP contribution in [0.1, 0.15) is 36.7 Å². The maximum atomic E-state index is 11.8. The first kappa shape index (κ1) is 17.5. The molecule has 0 atom stereocenters. The average molecular weight is 301 g/mol. The standard InChI is InChI=1S/C17H19NO4/c1-5-13(19)15(18)17(3,4)12-9-7-11(8-10-12)14(20)16(21)22-6-2/h5,7-10,18H,1,6H2,2-4H3. The van der Waals surface area contributed by atoms with E-state index in [2.05, 4.69) is 11.3 Å². The summed E-state index contributed by atoms with van der Waals surface area (Å²) in [5.41, 5.74) is -0.0174. The number of carbonyl (C=O) groups is 3. The van der Waals surface area contributed by atoms with Gasteiger partial charge >= 0.3 is 5.97 Å². The Morgan fingerprint density at radius 3 is 2.23 bits per heavy atom. The Bertz CT molecular complexity index is 627. The minimum absolute atomic E-state index is 0.0908. The summed E-state index contributed by atoms with van der Waals surface area (Å²) in [6, 6.07) is 6.22. The Balaban J connectivity index is 3.04. The number of esters is 1. The molecule has 0 saturated carbocycles. The van der Waals surface area contributed by atoms with E-state index in [9.17, 15) is 14.4 Å². The highest BCUT2D eigenvalue weighted by Gasteiger charge is 2.30. The molecule has 0 aliphatic carbocycles. The predicted octanol–water partition coefficient (Wildman–Crippen LogP) is 2.48. The van der Waals surface area contributed by atoms with E-state index < -0.39 is 23.0 Å². The zero-order valence-corrected chi connectivity index (χ0v) is 12.9. The maximum absolute atomic E-state index is 11.8. The summed E-state index contributed by atoms with van der Waals surface area (Å²) in [4.78, 5) is 34.8. The maximum Gasteiger partial charge on any atom is 0.379 e. The molecule has 0 aromatic heterocycles. The van der Waals surface area contributed by atoms with Crippen molar-refractivity contribution in [1.82, 2.24) is 0 Å². The molecule has 116 valence electrons. The molecule has 1 aromatic rings. The highest BCUT2D eigenvalue weighted by Crippen LogP contribution is 2.25. The first-order valence-electron chi connectivity index (χ1n) is 6.83. The first-order chi connectivity index (χ1) is 10.3. The third-order valence-electron chi connectivity index (χ3n) is 3.39. The van der Waals surface area contributed by atoms with Crippen molar-refractivity contribution < 1.29 is 19.1 Å². The molecule has 1 N–H and O–H groups in total. The lowest BCUT2D eigenvalue weighted by molar-refractivity contribution is -0.137. The van der Waals surface area contributed by atoms with Crippen LogP contribution in [0.3, 0.4) is 0 Å². The Morgan fingerprint density at radius 1 is 1.23 bits per heavy atom. The number of nitrogens with one attached hydrogen (secondary N) is 1. The fourth-order valence-electron chi connectivity index (χ4n) is 1.91. The van der Waals surface area contributed by atoms with E-state index in [4.69, 9.17) is 5.41 Å². The lowest BCUT2D eigenvalue weighted by Gasteiger charge is -2.25. The fraction of sp³-hybridized carbons (Fsp3) is 0.294. The molecule has 0 bridgehead atoms. The van der Waals surface area contributed by atoms with Gasteiger partial charge in [0.2, 0.25) is 0 Å². The first-order valence-corrected chi connectivity index (χ1v) is 6.83. The molecule has 0 spiro atoms. The fourth-order valence-corrected chi connectivity index (χ4v) is 1.91. The number of ketones is 2. The van der Waals surface area contributed by atoms with Gasteiger partial charge < -0.3 is 10.1 Å². The number of hydrogen-bond acceptors (Lipinski definition) is 5. The molecule has 5 heteroatoms. The van der Waals surface area contributed by atoms with Gasteiger partial charge in [-0.15, -0.1) is 0 Å². The van der Waals surface area contributed by atoms with Gasteiger partial charge in [-0.2, -0.15) is 0 Å². The smallest absolute Gasteiger partial charge is 0.379 e. The van der Waals surface area contributed by atoms with Crippen LogP contribution < -0.4 is 0 Å². The van der Waals surface area contributed by atoms with E-state index in [0.29, 0.717) is 5.56 Å². The van der Waals surface area contributed by atoms with Crippen molar-refractivity contribution in [3.8, 4) is 0 Å². The number of hydrogen-bond donors (Lipinski definition) is 1. The van der Waals surface area contributed by atoms with Gasteiger partial charge in [0.1, 0.15) is 0 Å². The number of Topliss-reactive ketones (excluding diaryl/α,β-unsaturated/α-hetero) is 1. The molecule has 0 unspecified atom stereocenters. The summed E-state index contributed by atoms with van der Waals surface area (Å²) in [6.07, 6.45) is 1.10. The van der Waals surface area contributed by atoms with Crippen molar-refractivity contribution >= 4 is 23.2 Å². The highest BCUT2D eigenvalue weighted by atomic mass is 16.5. The van der Waals surface area contributed by atoms with E-state index in [1.165, 1.54) is 12.1 Å². The second-order valence-electron chi connectivity index (χ2n) is 5.20. The third kappa shape index (κ3) is 3.55. The van der Waals surface area contributed by atoms with Crippen molar-refractivity contribution in [3.05, 3.63) is 48.0 Å². The van der Waals surface area contributed by atoms with Crippen molar-refractivity contribution in [1.29, 1.82) is 5.41 Å². The van der Waals surface area contributed by atoms with Crippen LogP contribution in [0.5, 0.6) is 0 Å². The summed E-state index contributed by atoms with van der Waals surface area (Å²) in [5, 5.41) is 7.93. The molecule has 5 nitrogen and oxygen atoms in total. The van der Waals surface area contributed by atoms with Gasteiger partial charge in [-0.1, -0.05) is 44.7 Å². The van der Waals surface area contributed by atoms with Crippen LogP contribution in [-0.2, 0) is 19.7 Å². The molecular weight excluding hydrogens is 282 g/mol. The molecule has 1 rings (SSSR count). The van der Waals surface area contributed by atoms with Crippen LogP contribution in [0.15, 0.2) is 36.9 Å². The molecular formula is C17H19NO4. The van der Waals surface area contributed by atoms with Gasteiger partial charge in [0.15, 0.2) is 5.78 Å². The van der Waals surface area contributed by atoms with E-state index in [1.54, 1.807) is 32.9 Å². The number of ether oxygens (including phenoxy) is 1. The average Bonchev–Trinajstić information content (AvgIpc) is 2.52. The van der Waals surface area contributed by atoms with Gasteiger partial charge in [0, 0.05) is 11.0 Å². The highest BCUT2D eigenvalue weighted by molar-refractivity contribution is 6.45. The Hall–Kier alpha value is -2.56. The molecule has 0 radical (unpaired) electrons. The minimum Gasteiger partial charge on any atom is -0.460 e. The molecule has 0 aliphatic heterocycles. The van der Waals surface area contributed by atoms with Crippen LogP contribution in [0.25, 0.3) is 0 Å². The largest absolute Gasteiger partial charge is 0.460 e. The zero-order chi connectivity index (χ0) is 16.9. The normalized spacial score (nSPS) is 10.7. The van der Waals surface area contributed by atoms with Crippen LogP contribution >= 0.6 is 0 Å². The van der Waals surface area contributed by atoms with Crippen molar-refractivity contribution in [2.24, 2.45) is 0 Å². The number of benzene rings is 1. The predicted molar refractivity (Wildman–Crippen MR) is 83.4 cm³/mol. The quantitative estimate of drug-likeness (QED) is 0.276. The number of rotatable bonds is 7. The van der Waals surface area contributed by atoms with Crippen LogP contribution in [0, 0.1) is 5.41 Å². The minimum atomic E-state index is -0.899. The number of allylic oxidation sites excluding steroid dienone is 1. The summed E-state index contributed by atoms with van der Waals surface area (Å²) >= 11 is 0. The summed E-state index contributed by atoms with van der Waals surface area (Å²) in [5.74, 6) is -2.07. The lowest BCUT2D eigenvalue weighted by Crippen LogP contribution is -2.33. The molecule has 1 aromatic carbocycles. The van der Waals surface area contributed by atoms with Crippen molar-refractivity contribution in [3.63, 3.8) is 0 Å². The molecule has 0 fully saturated rings. The van der Waals surface area contributed by atoms with Gasteiger partial charge in [0.25, 0.3) is 5.78 Å². The van der Waals surface area contributed by atoms with Crippen molar-refractivity contribution in [2.75, 3.05) is 6.61 Å². The van der Waals surface area contributed by atoms with Crippen LogP contribution in [-0.4, -0.2) is 29.9 Å². The summed E-state index contributed by atoms with van der Waals surface area (Å²) in [7, 11) is 0. The Kier molecular flexibility index (Phi) is 5.51.